The van der Waals surface area contributed by atoms with E-state index in [2.05, 4.69) is 4.98 Å². The molecule has 1 amide bonds. The van der Waals surface area contributed by atoms with Gasteiger partial charge in [-0.25, -0.2) is 0 Å². The van der Waals surface area contributed by atoms with Crippen molar-refractivity contribution < 1.29 is 19.4 Å². The number of rotatable bonds is 3. The molecule has 1 aromatic heterocycles. The zero-order chi connectivity index (χ0) is 14.6. The van der Waals surface area contributed by atoms with Crippen LogP contribution in [0.4, 0.5) is 0 Å². The highest BCUT2D eigenvalue weighted by Gasteiger charge is 2.66. The highest BCUT2D eigenvalue weighted by molar-refractivity contribution is 5.90. The molecule has 4 heterocycles. The summed E-state index contributed by atoms with van der Waals surface area (Å²) in [5, 5.41) is 9.38. The second-order valence-corrected chi connectivity index (χ2v) is 5.79. The minimum absolute atomic E-state index is 0.133. The average molecular weight is 286 g/mol. The highest BCUT2D eigenvalue weighted by atomic mass is 16.5. The van der Waals surface area contributed by atoms with Crippen LogP contribution in [0.1, 0.15) is 5.56 Å². The SMILES string of the molecule is O=C(O)[C@H]1[C@@H]2C=C[C@@]3(CN(Cc4ccncc4)C(=O)[C@@H]13)O2. The van der Waals surface area contributed by atoms with Gasteiger partial charge in [0.25, 0.3) is 0 Å². The molecule has 2 bridgehead atoms. The summed E-state index contributed by atoms with van der Waals surface area (Å²) in [5.74, 6) is -2.47. The van der Waals surface area contributed by atoms with Gasteiger partial charge in [-0.1, -0.05) is 12.2 Å². The molecule has 3 aliphatic rings. The molecule has 2 saturated heterocycles. The first-order valence-corrected chi connectivity index (χ1v) is 6.88. The number of nitrogens with zero attached hydrogens (tertiary/aromatic N) is 2. The summed E-state index contributed by atoms with van der Waals surface area (Å²) in [6.45, 7) is 0.864. The molecule has 0 aliphatic carbocycles. The largest absolute Gasteiger partial charge is 0.481 e. The van der Waals surface area contributed by atoms with E-state index < -0.39 is 29.5 Å². The number of amides is 1. The van der Waals surface area contributed by atoms with Crippen molar-refractivity contribution in [1.82, 2.24) is 9.88 Å². The van der Waals surface area contributed by atoms with Gasteiger partial charge in [-0.05, 0) is 17.7 Å². The number of hydrogen-bond acceptors (Lipinski definition) is 4. The molecule has 21 heavy (non-hydrogen) atoms. The third-order valence-corrected chi connectivity index (χ3v) is 4.59. The summed E-state index contributed by atoms with van der Waals surface area (Å²) in [7, 11) is 0. The smallest absolute Gasteiger partial charge is 0.310 e. The van der Waals surface area contributed by atoms with Crippen LogP contribution in [-0.2, 0) is 20.9 Å². The lowest BCUT2D eigenvalue weighted by Crippen LogP contribution is -2.39. The van der Waals surface area contributed by atoms with E-state index >= 15 is 0 Å². The van der Waals surface area contributed by atoms with E-state index in [1.54, 1.807) is 23.4 Å². The van der Waals surface area contributed by atoms with Crippen LogP contribution in [0.2, 0.25) is 0 Å². The van der Waals surface area contributed by atoms with Gasteiger partial charge in [-0.3, -0.25) is 14.6 Å². The fourth-order valence-corrected chi connectivity index (χ4v) is 3.70. The standard InChI is InChI=1S/C15H14N2O4/c18-13-12-11(14(19)20)10-1-4-15(12,21-10)8-17(13)7-9-2-5-16-6-3-9/h1-6,10-12H,7-8H2,(H,19,20)/t10-,11-,12+,15-/m0/s1. The third-order valence-electron chi connectivity index (χ3n) is 4.59. The van der Waals surface area contributed by atoms with E-state index in [0.29, 0.717) is 13.1 Å². The zero-order valence-corrected chi connectivity index (χ0v) is 11.2. The topological polar surface area (TPSA) is 79.7 Å². The minimum Gasteiger partial charge on any atom is -0.481 e. The second-order valence-electron chi connectivity index (χ2n) is 5.79. The van der Waals surface area contributed by atoms with Gasteiger partial charge in [-0.2, -0.15) is 0 Å². The van der Waals surface area contributed by atoms with E-state index in [9.17, 15) is 14.7 Å². The highest BCUT2D eigenvalue weighted by Crippen LogP contribution is 2.52. The van der Waals surface area contributed by atoms with Gasteiger partial charge in [0.05, 0.1) is 18.6 Å². The molecule has 1 aromatic rings. The van der Waals surface area contributed by atoms with Crippen LogP contribution in [-0.4, -0.2) is 45.1 Å². The molecule has 4 atom stereocenters. The van der Waals surface area contributed by atoms with Crippen molar-refractivity contribution in [1.29, 1.82) is 0 Å². The Morgan fingerprint density at radius 1 is 1.48 bits per heavy atom. The summed E-state index contributed by atoms with van der Waals surface area (Å²) in [6.07, 6.45) is 6.53. The van der Waals surface area contributed by atoms with Crippen molar-refractivity contribution in [3.8, 4) is 0 Å². The number of likely N-dealkylation sites (tertiary alicyclic amines) is 1. The maximum absolute atomic E-state index is 12.6. The van der Waals surface area contributed by atoms with Crippen LogP contribution in [0.3, 0.4) is 0 Å². The normalized spacial score (nSPS) is 36.3. The van der Waals surface area contributed by atoms with E-state index in [-0.39, 0.29) is 5.91 Å². The lowest BCUT2D eigenvalue weighted by molar-refractivity contribution is -0.148. The molecule has 4 rings (SSSR count). The monoisotopic (exact) mass is 286 g/mol. The van der Waals surface area contributed by atoms with E-state index in [4.69, 9.17) is 4.74 Å². The van der Waals surface area contributed by atoms with Gasteiger partial charge in [0, 0.05) is 18.9 Å². The van der Waals surface area contributed by atoms with Gasteiger partial charge >= 0.3 is 5.97 Å². The molecular formula is C15H14N2O4. The molecule has 6 nitrogen and oxygen atoms in total. The van der Waals surface area contributed by atoms with Gasteiger partial charge in [-0.15, -0.1) is 0 Å². The van der Waals surface area contributed by atoms with E-state index in [1.807, 2.05) is 18.2 Å². The van der Waals surface area contributed by atoms with Crippen molar-refractivity contribution in [2.45, 2.75) is 18.2 Å². The quantitative estimate of drug-likeness (QED) is 0.816. The fourth-order valence-electron chi connectivity index (χ4n) is 3.70. The number of carboxylic acids is 1. The van der Waals surface area contributed by atoms with Gasteiger partial charge in [0.2, 0.25) is 5.91 Å². The number of hydrogen-bond donors (Lipinski definition) is 1. The first kappa shape index (κ1) is 12.5. The average Bonchev–Trinajstić information content (AvgIpc) is 3.09. The lowest BCUT2D eigenvalue weighted by atomic mass is 9.77. The summed E-state index contributed by atoms with van der Waals surface area (Å²) in [6, 6.07) is 3.70. The molecule has 0 saturated carbocycles. The van der Waals surface area contributed by atoms with Crippen molar-refractivity contribution in [3.63, 3.8) is 0 Å². The maximum Gasteiger partial charge on any atom is 0.310 e. The molecule has 1 spiro atoms. The van der Waals surface area contributed by atoms with Gasteiger partial charge in [0.1, 0.15) is 11.5 Å². The molecule has 0 unspecified atom stereocenters. The number of pyridine rings is 1. The first-order valence-electron chi connectivity index (χ1n) is 6.88. The Bertz CT molecular complexity index is 644. The molecule has 2 fully saturated rings. The van der Waals surface area contributed by atoms with Crippen molar-refractivity contribution >= 4 is 11.9 Å². The maximum atomic E-state index is 12.6. The van der Waals surface area contributed by atoms with Crippen LogP contribution < -0.4 is 0 Å². The predicted molar refractivity (Wildman–Crippen MR) is 71.0 cm³/mol. The van der Waals surface area contributed by atoms with Crippen LogP contribution in [0, 0.1) is 11.8 Å². The van der Waals surface area contributed by atoms with Crippen molar-refractivity contribution in [3.05, 3.63) is 42.2 Å². The van der Waals surface area contributed by atoms with Crippen molar-refractivity contribution in [2.75, 3.05) is 6.54 Å². The molecule has 1 N–H and O–H groups in total. The summed E-state index contributed by atoms with van der Waals surface area (Å²) >= 11 is 0. The van der Waals surface area contributed by atoms with E-state index in [0.717, 1.165) is 5.56 Å². The van der Waals surface area contributed by atoms with Crippen LogP contribution in [0.5, 0.6) is 0 Å². The zero-order valence-electron chi connectivity index (χ0n) is 11.2. The van der Waals surface area contributed by atoms with Crippen molar-refractivity contribution in [2.24, 2.45) is 11.8 Å². The Morgan fingerprint density at radius 3 is 2.95 bits per heavy atom. The third kappa shape index (κ3) is 1.65. The van der Waals surface area contributed by atoms with Crippen LogP contribution >= 0.6 is 0 Å². The van der Waals surface area contributed by atoms with Crippen LogP contribution in [0.15, 0.2) is 36.7 Å². The number of aliphatic carboxylic acids is 1. The Kier molecular flexibility index (Phi) is 2.47. The first-order chi connectivity index (χ1) is 10.1. The Morgan fingerprint density at radius 2 is 2.24 bits per heavy atom. The molecule has 3 aliphatic heterocycles. The predicted octanol–water partition coefficient (Wildman–Crippen LogP) is 0.448. The molecule has 6 heteroatoms. The summed E-state index contributed by atoms with van der Waals surface area (Å²) < 4.78 is 5.83. The Labute approximate surface area is 121 Å². The summed E-state index contributed by atoms with van der Waals surface area (Å²) in [5.41, 5.74) is 0.220. The number of ether oxygens (including phenoxy) is 1. The minimum atomic E-state index is -0.963. The number of carbonyl (C=O) groups excluding carboxylic acids is 1. The lowest BCUT2D eigenvalue weighted by Gasteiger charge is -2.21. The fraction of sp³-hybridized carbons (Fsp3) is 0.400. The number of carboxylic acid groups (broad SMARTS) is 1. The second kappa shape index (κ2) is 4.14. The van der Waals surface area contributed by atoms with Gasteiger partial charge in [0.15, 0.2) is 0 Å². The van der Waals surface area contributed by atoms with E-state index in [1.165, 1.54) is 0 Å². The summed E-state index contributed by atoms with van der Waals surface area (Å²) in [4.78, 5) is 29.7. The Hall–Kier alpha value is -2.21. The molecule has 0 radical (unpaired) electrons. The Balaban J connectivity index is 1.63. The number of aromatic nitrogens is 1. The number of carbonyl (C=O) groups is 2. The molecule has 108 valence electrons. The molecular weight excluding hydrogens is 272 g/mol. The number of fused-ring (bicyclic) bond motifs is 1. The van der Waals surface area contributed by atoms with Gasteiger partial charge < -0.3 is 14.7 Å². The molecule has 0 aromatic carbocycles. The van der Waals surface area contributed by atoms with Crippen LogP contribution in [0.25, 0.3) is 0 Å².